The summed E-state index contributed by atoms with van der Waals surface area (Å²) in [4.78, 5) is 0. The predicted octanol–water partition coefficient (Wildman–Crippen LogP) is 4.33. The minimum absolute atomic E-state index is 0.177. The average Bonchev–Trinajstić information content (AvgIpc) is 3.12. The lowest BCUT2D eigenvalue weighted by Gasteiger charge is -2.11. The van der Waals surface area contributed by atoms with E-state index in [-0.39, 0.29) is 11.4 Å². The number of nitrogens with one attached hydrogen (secondary N) is 1. The van der Waals surface area contributed by atoms with Crippen molar-refractivity contribution in [1.29, 1.82) is 0 Å². The van der Waals surface area contributed by atoms with E-state index in [0.717, 1.165) is 16.8 Å². The van der Waals surface area contributed by atoms with Crippen LogP contribution in [0.15, 0.2) is 72.8 Å². The third-order valence-electron chi connectivity index (χ3n) is 4.44. The molecule has 0 aliphatic heterocycles. The molecule has 0 radical (unpaired) electrons. The number of hydrogen-bond donors (Lipinski definition) is 2. The molecule has 4 rings (SSSR count). The summed E-state index contributed by atoms with van der Waals surface area (Å²) in [7, 11) is -3.97. The molecule has 0 aliphatic rings. The van der Waals surface area contributed by atoms with E-state index in [0.29, 0.717) is 11.3 Å². The molecule has 0 saturated heterocycles. The van der Waals surface area contributed by atoms with Crippen molar-refractivity contribution >= 4 is 26.7 Å². The Morgan fingerprint density at radius 1 is 0.933 bits per heavy atom. The summed E-state index contributed by atoms with van der Waals surface area (Å²) in [6, 6.07) is 19.4. The molecular weight excluding hydrogens is 417 g/mol. The van der Waals surface area contributed by atoms with Crippen LogP contribution in [-0.2, 0) is 16.4 Å². The van der Waals surface area contributed by atoms with Gasteiger partial charge in [0.05, 0.1) is 11.4 Å². The fourth-order valence-corrected chi connectivity index (χ4v) is 3.66. The Kier molecular flexibility index (Phi) is 4.75. The van der Waals surface area contributed by atoms with Gasteiger partial charge in [0.1, 0.15) is 0 Å². The summed E-state index contributed by atoms with van der Waals surface area (Å²) in [5.74, 6) is 0. The lowest BCUT2D eigenvalue weighted by atomic mass is 10.0. The van der Waals surface area contributed by atoms with E-state index in [1.54, 1.807) is 12.1 Å². The largest absolute Gasteiger partial charge is 0.435 e. The van der Waals surface area contributed by atoms with Gasteiger partial charge in [0.2, 0.25) is 0 Å². The topological polar surface area (TPSA) is 90.0 Å². The zero-order chi connectivity index (χ0) is 21.5. The maximum Gasteiger partial charge on any atom is 0.435 e. The number of fused-ring (bicyclic) bond motifs is 1. The summed E-state index contributed by atoms with van der Waals surface area (Å²) in [5, 5.41) is 10.4. The second-order valence-electron chi connectivity index (χ2n) is 6.55. The lowest BCUT2D eigenvalue weighted by Crippen LogP contribution is -2.21. The van der Waals surface area contributed by atoms with Gasteiger partial charge in [-0.05, 0) is 41.1 Å². The van der Waals surface area contributed by atoms with Crippen molar-refractivity contribution in [2.75, 3.05) is 4.72 Å². The molecular formula is C20H15F3N4O2S. The molecule has 0 unspecified atom stereocenters. The van der Waals surface area contributed by atoms with Crippen molar-refractivity contribution in [2.24, 2.45) is 5.14 Å². The zero-order valence-corrected chi connectivity index (χ0v) is 16.1. The number of halogens is 3. The van der Waals surface area contributed by atoms with Gasteiger partial charge in [-0.15, -0.1) is 0 Å². The molecule has 6 nitrogen and oxygen atoms in total. The second kappa shape index (κ2) is 7.15. The normalized spacial score (nSPS) is 12.3. The maximum absolute atomic E-state index is 13.4. The standard InChI is InChI=1S/C20H15F3N4O2S/c21-20(22,23)19-12-18(17-7-3-5-13-4-1-2-6-16(13)17)27(25-19)15-10-8-14(9-11-15)26-30(24,28)29/h1-12,26H,(H2,24,28,29). The Morgan fingerprint density at radius 2 is 1.60 bits per heavy atom. The van der Waals surface area contributed by atoms with Crippen LogP contribution >= 0.6 is 0 Å². The van der Waals surface area contributed by atoms with Crippen molar-refractivity contribution in [3.8, 4) is 16.9 Å². The quantitative estimate of drug-likeness (QED) is 0.503. The van der Waals surface area contributed by atoms with Crippen molar-refractivity contribution < 1.29 is 21.6 Å². The van der Waals surface area contributed by atoms with Crippen molar-refractivity contribution in [3.05, 3.63) is 78.5 Å². The van der Waals surface area contributed by atoms with Crippen molar-refractivity contribution in [3.63, 3.8) is 0 Å². The molecule has 3 N–H and O–H groups in total. The first-order chi connectivity index (χ1) is 14.1. The van der Waals surface area contributed by atoms with Crippen LogP contribution in [0.4, 0.5) is 18.9 Å². The summed E-state index contributed by atoms with van der Waals surface area (Å²) >= 11 is 0. The van der Waals surface area contributed by atoms with Gasteiger partial charge in [0.25, 0.3) is 10.2 Å². The molecule has 0 atom stereocenters. The molecule has 0 amide bonds. The van der Waals surface area contributed by atoms with Crippen LogP contribution in [0.25, 0.3) is 27.7 Å². The highest BCUT2D eigenvalue weighted by molar-refractivity contribution is 7.90. The van der Waals surface area contributed by atoms with Gasteiger partial charge in [0.15, 0.2) is 5.69 Å². The Labute approximate surface area is 169 Å². The number of alkyl halides is 3. The van der Waals surface area contributed by atoms with Crippen LogP contribution in [0.2, 0.25) is 0 Å². The van der Waals surface area contributed by atoms with Crippen molar-refractivity contribution in [2.45, 2.75) is 6.18 Å². The summed E-state index contributed by atoms with van der Waals surface area (Å²) in [6.45, 7) is 0. The number of rotatable bonds is 4. The smallest absolute Gasteiger partial charge is 0.271 e. The molecule has 3 aromatic carbocycles. The molecule has 30 heavy (non-hydrogen) atoms. The van der Waals surface area contributed by atoms with E-state index >= 15 is 0 Å². The highest BCUT2D eigenvalue weighted by atomic mass is 32.2. The number of hydrogen-bond acceptors (Lipinski definition) is 3. The highest BCUT2D eigenvalue weighted by Crippen LogP contribution is 2.36. The van der Waals surface area contributed by atoms with Gasteiger partial charge in [-0.2, -0.15) is 26.7 Å². The molecule has 1 heterocycles. The molecule has 1 aromatic heterocycles. The third-order valence-corrected chi connectivity index (χ3v) is 4.96. The first-order valence-electron chi connectivity index (χ1n) is 8.68. The average molecular weight is 432 g/mol. The van der Waals surface area contributed by atoms with E-state index in [1.807, 2.05) is 30.3 Å². The molecule has 0 bridgehead atoms. The van der Waals surface area contributed by atoms with Gasteiger partial charge >= 0.3 is 6.18 Å². The molecule has 0 fully saturated rings. The Morgan fingerprint density at radius 3 is 2.27 bits per heavy atom. The number of anilines is 1. The first-order valence-corrected chi connectivity index (χ1v) is 10.2. The Balaban J connectivity index is 1.89. The van der Waals surface area contributed by atoms with Gasteiger partial charge in [0, 0.05) is 11.3 Å². The highest BCUT2D eigenvalue weighted by Gasteiger charge is 2.35. The van der Waals surface area contributed by atoms with Crippen LogP contribution in [0.3, 0.4) is 0 Å². The SMILES string of the molecule is NS(=O)(=O)Nc1ccc(-n2nc(C(F)(F)F)cc2-c2cccc3ccccc23)cc1. The second-order valence-corrected chi connectivity index (χ2v) is 7.84. The first kappa shape index (κ1) is 19.9. The van der Waals surface area contributed by atoms with Crippen LogP contribution in [0.5, 0.6) is 0 Å². The van der Waals surface area contributed by atoms with Crippen molar-refractivity contribution in [1.82, 2.24) is 9.78 Å². The van der Waals surface area contributed by atoms with Crippen LogP contribution < -0.4 is 9.86 Å². The third kappa shape index (κ3) is 4.00. The van der Waals surface area contributed by atoms with E-state index < -0.39 is 22.1 Å². The van der Waals surface area contributed by atoms with E-state index in [1.165, 1.54) is 28.9 Å². The molecule has 154 valence electrons. The van der Waals surface area contributed by atoms with Gasteiger partial charge in [-0.1, -0.05) is 42.5 Å². The number of benzene rings is 3. The summed E-state index contributed by atoms with van der Waals surface area (Å²) < 4.78 is 65.8. The lowest BCUT2D eigenvalue weighted by molar-refractivity contribution is -0.141. The zero-order valence-electron chi connectivity index (χ0n) is 15.3. The van der Waals surface area contributed by atoms with Crippen LogP contribution in [0.1, 0.15) is 5.69 Å². The fraction of sp³-hybridized carbons (Fsp3) is 0.0500. The molecule has 0 spiro atoms. The van der Waals surface area contributed by atoms with E-state index in [4.69, 9.17) is 5.14 Å². The van der Waals surface area contributed by atoms with Crippen LogP contribution in [-0.4, -0.2) is 18.2 Å². The molecule has 10 heteroatoms. The van der Waals surface area contributed by atoms with Gasteiger partial charge < -0.3 is 0 Å². The van der Waals surface area contributed by atoms with Crippen LogP contribution in [0, 0.1) is 0 Å². The summed E-state index contributed by atoms with van der Waals surface area (Å²) in [6.07, 6.45) is -4.63. The molecule has 0 aliphatic carbocycles. The van der Waals surface area contributed by atoms with E-state index in [9.17, 15) is 21.6 Å². The minimum Gasteiger partial charge on any atom is -0.271 e. The summed E-state index contributed by atoms with van der Waals surface area (Å²) in [5.41, 5.74) is 0.316. The number of nitrogens with zero attached hydrogens (tertiary/aromatic N) is 2. The Hall–Kier alpha value is -3.37. The fourth-order valence-electron chi connectivity index (χ4n) is 3.19. The maximum atomic E-state index is 13.4. The van der Waals surface area contributed by atoms with Gasteiger partial charge in [-0.3, -0.25) is 4.72 Å². The monoisotopic (exact) mass is 432 g/mol. The van der Waals surface area contributed by atoms with E-state index in [2.05, 4.69) is 9.82 Å². The number of aromatic nitrogens is 2. The van der Waals surface area contributed by atoms with Gasteiger partial charge in [-0.25, -0.2) is 9.82 Å². The molecule has 4 aromatic rings. The minimum atomic E-state index is -4.63. The number of nitrogens with two attached hydrogens (primary N) is 1. The molecule has 0 saturated carbocycles. The predicted molar refractivity (Wildman–Crippen MR) is 108 cm³/mol. The Bertz CT molecular complexity index is 1330.